The fraction of sp³-hybridized carbons (Fsp3) is 0.472. The van der Waals surface area contributed by atoms with Gasteiger partial charge in [0.1, 0.15) is 5.57 Å². The number of allylic oxidation sites excluding steroid dienone is 1. The van der Waals surface area contributed by atoms with Crippen LogP contribution < -0.4 is 15.1 Å². The highest BCUT2D eigenvalue weighted by Gasteiger charge is 2.51. The van der Waals surface area contributed by atoms with E-state index in [1.165, 1.54) is 44.1 Å². The molecule has 6 aliphatic rings. The van der Waals surface area contributed by atoms with Crippen LogP contribution >= 0.6 is 0 Å². The molecule has 2 aromatic carbocycles. The summed E-state index contributed by atoms with van der Waals surface area (Å²) in [5.41, 5.74) is 7.08. The number of hydrogen-bond acceptors (Lipinski definition) is 4. The van der Waals surface area contributed by atoms with Gasteiger partial charge >= 0.3 is 6.03 Å². The van der Waals surface area contributed by atoms with Gasteiger partial charge in [-0.05, 0) is 149 Å². The third kappa shape index (κ3) is 4.17. The lowest BCUT2D eigenvalue weighted by molar-refractivity contribution is -0.122. The number of urea groups is 1. The molecule has 0 aromatic heterocycles. The standard InChI is InChI=1S/C36H41N3O3/c1-6-38-31-11-21(2)26(15-29(31)22(3)17-35(38,4)5)16-30-32(40)37-34(42)39(33(30)41)28-9-7-27(8-10-28)36-18-23-12-24(19-36)14-25(13-23)20-36/h7-11,15-17,23-25H,6,12-14,18-20H2,1-5H3,(H,37,40,42)/b30-16-. The molecule has 218 valence electrons. The van der Waals surface area contributed by atoms with Gasteiger partial charge in [-0.3, -0.25) is 14.9 Å². The lowest BCUT2D eigenvalue weighted by Crippen LogP contribution is -2.54. The second-order valence-corrected chi connectivity index (χ2v) is 14.2. The predicted molar refractivity (Wildman–Crippen MR) is 167 cm³/mol. The summed E-state index contributed by atoms with van der Waals surface area (Å²) in [7, 11) is 0. The molecule has 1 N–H and O–H groups in total. The zero-order chi connectivity index (χ0) is 29.6. The minimum atomic E-state index is -0.702. The van der Waals surface area contributed by atoms with E-state index in [9.17, 15) is 14.4 Å². The number of nitrogens with zero attached hydrogens (tertiary/aromatic N) is 2. The molecular formula is C36H41N3O3. The molecular weight excluding hydrogens is 522 g/mol. The number of rotatable bonds is 4. The van der Waals surface area contributed by atoms with Crippen LogP contribution in [0.1, 0.15) is 88.5 Å². The maximum absolute atomic E-state index is 13.8. The van der Waals surface area contributed by atoms with Gasteiger partial charge in [-0.25, -0.2) is 9.69 Å². The average Bonchev–Trinajstić information content (AvgIpc) is 2.91. The van der Waals surface area contributed by atoms with E-state index in [1.54, 1.807) is 6.08 Å². The second kappa shape index (κ2) is 9.42. The molecule has 0 spiro atoms. The Morgan fingerprint density at radius 3 is 2.14 bits per heavy atom. The third-order valence-corrected chi connectivity index (χ3v) is 10.9. The average molecular weight is 564 g/mol. The van der Waals surface area contributed by atoms with E-state index in [4.69, 9.17) is 0 Å². The van der Waals surface area contributed by atoms with E-state index >= 15 is 0 Å². The van der Waals surface area contributed by atoms with Gasteiger partial charge in [-0.1, -0.05) is 18.2 Å². The Labute approximate surface area is 248 Å². The number of barbiturate groups is 1. The van der Waals surface area contributed by atoms with Crippen LogP contribution in [0.3, 0.4) is 0 Å². The number of anilines is 2. The van der Waals surface area contributed by atoms with Gasteiger partial charge in [0.15, 0.2) is 0 Å². The normalized spacial score (nSPS) is 30.5. The summed E-state index contributed by atoms with van der Waals surface area (Å²) >= 11 is 0. The number of nitrogens with one attached hydrogen (secondary N) is 1. The third-order valence-electron chi connectivity index (χ3n) is 10.9. The van der Waals surface area contributed by atoms with Crippen molar-refractivity contribution in [2.45, 2.75) is 84.1 Å². The van der Waals surface area contributed by atoms with Crippen molar-refractivity contribution in [1.29, 1.82) is 0 Å². The van der Waals surface area contributed by atoms with Crippen molar-refractivity contribution in [2.24, 2.45) is 17.8 Å². The van der Waals surface area contributed by atoms with Gasteiger partial charge in [0.05, 0.1) is 11.2 Å². The van der Waals surface area contributed by atoms with Crippen molar-refractivity contribution in [3.8, 4) is 0 Å². The van der Waals surface area contributed by atoms with Crippen molar-refractivity contribution >= 4 is 40.9 Å². The fourth-order valence-electron chi connectivity index (χ4n) is 9.45. The van der Waals surface area contributed by atoms with Gasteiger partial charge in [-0.2, -0.15) is 0 Å². The largest absolute Gasteiger partial charge is 0.363 e. The van der Waals surface area contributed by atoms with Crippen LogP contribution in [-0.2, 0) is 15.0 Å². The second-order valence-electron chi connectivity index (χ2n) is 14.2. The van der Waals surface area contributed by atoms with Crippen LogP contribution in [-0.4, -0.2) is 29.9 Å². The number of amides is 4. The molecule has 6 heteroatoms. The number of hydrogen-bond donors (Lipinski definition) is 1. The Balaban J connectivity index is 1.20. The van der Waals surface area contributed by atoms with E-state index in [-0.39, 0.29) is 16.5 Å². The van der Waals surface area contributed by atoms with Crippen molar-refractivity contribution < 1.29 is 14.4 Å². The number of fused-ring (bicyclic) bond motifs is 1. The monoisotopic (exact) mass is 563 g/mol. The Morgan fingerprint density at radius 2 is 1.55 bits per heavy atom. The van der Waals surface area contributed by atoms with E-state index in [1.807, 2.05) is 19.1 Å². The number of imide groups is 2. The summed E-state index contributed by atoms with van der Waals surface area (Å²) in [6, 6.07) is 11.5. The number of benzene rings is 2. The minimum absolute atomic E-state index is 0.0343. The minimum Gasteiger partial charge on any atom is -0.363 e. The molecule has 4 bridgehead atoms. The smallest absolute Gasteiger partial charge is 0.335 e. The summed E-state index contributed by atoms with van der Waals surface area (Å²) in [4.78, 5) is 43.2. The van der Waals surface area contributed by atoms with Gasteiger partial charge in [0, 0.05) is 17.8 Å². The number of carbonyl (C=O) groups excluding carboxylic acids is 3. The molecule has 2 aromatic rings. The maximum atomic E-state index is 13.8. The highest BCUT2D eigenvalue weighted by Crippen LogP contribution is 2.60. The highest BCUT2D eigenvalue weighted by molar-refractivity contribution is 6.39. The fourth-order valence-corrected chi connectivity index (χ4v) is 9.45. The summed E-state index contributed by atoms with van der Waals surface area (Å²) in [5.74, 6) is 1.27. The van der Waals surface area contributed by atoms with Crippen molar-refractivity contribution in [3.05, 3.63) is 70.3 Å². The Bertz CT molecular complexity index is 1540. The van der Waals surface area contributed by atoms with Crippen LogP contribution in [0.5, 0.6) is 0 Å². The molecule has 0 atom stereocenters. The predicted octanol–water partition coefficient (Wildman–Crippen LogP) is 7.15. The number of aryl methyl sites for hydroxylation is 1. The molecule has 4 aliphatic carbocycles. The first-order valence-corrected chi connectivity index (χ1v) is 15.6. The van der Waals surface area contributed by atoms with Crippen LogP contribution in [0.15, 0.2) is 48.0 Å². The molecule has 4 saturated carbocycles. The molecule has 1 saturated heterocycles. The van der Waals surface area contributed by atoms with Crippen LogP contribution in [0, 0.1) is 24.7 Å². The summed E-state index contributed by atoms with van der Waals surface area (Å²) in [5, 5.41) is 2.41. The summed E-state index contributed by atoms with van der Waals surface area (Å²) in [6.07, 6.45) is 11.8. The summed E-state index contributed by atoms with van der Waals surface area (Å²) in [6.45, 7) is 11.5. The zero-order valence-corrected chi connectivity index (χ0v) is 25.4. The Kier molecular flexibility index (Phi) is 6.09. The molecule has 6 nitrogen and oxygen atoms in total. The van der Waals surface area contributed by atoms with Crippen molar-refractivity contribution in [3.63, 3.8) is 0 Å². The molecule has 2 heterocycles. The molecule has 4 amide bonds. The molecule has 2 aliphatic heterocycles. The molecule has 0 unspecified atom stereocenters. The van der Waals surface area contributed by atoms with E-state index in [0.717, 1.165) is 57.1 Å². The first kappa shape index (κ1) is 27.2. The van der Waals surface area contributed by atoms with Gasteiger partial charge < -0.3 is 4.90 Å². The van der Waals surface area contributed by atoms with Crippen LogP contribution in [0.25, 0.3) is 11.6 Å². The Morgan fingerprint density at radius 1 is 0.929 bits per heavy atom. The first-order chi connectivity index (χ1) is 20.0. The molecule has 0 radical (unpaired) electrons. The number of carbonyl (C=O) groups is 3. The maximum Gasteiger partial charge on any atom is 0.335 e. The quantitative estimate of drug-likeness (QED) is 0.317. The van der Waals surface area contributed by atoms with Gasteiger partial charge in [0.25, 0.3) is 11.8 Å². The first-order valence-electron chi connectivity index (χ1n) is 15.6. The highest BCUT2D eigenvalue weighted by atomic mass is 16.2. The number of likely N-dealkylation sites (N-methyl/N-ethyl adjacent to an activating group) is 1. The lowest BCUT2D eigenvalue weighted by Gasteiger charge is -2.57. The van der Waals surface area contributed by atoms with Crippen molar-refractivity contribution in [2.75, 3.05) is 16.3 Å². The molecule has 8 rings (SSSR count). The van der Waals surface area contributed by atoms with E-state index < -0.39 is 17.8 Å². The van der Waals surface area contributed by atoms with Crippen LogP contribution in [0.4, 0.5) is 16.2 Å². The zero-order valence-electron chi connectivity index (χ0n) is 25.4. The van der Waals surface area contributed by atoms with Crippen LogP contribution in [0.2, 0.25) is 0 Å². The molecule has 42 heavy (non-hydrogen) atoms. The van der Waals surface area contributed by atoms with Crippen molar-refractivity contribution in [1.82, 2.24) is 5.32 Å². The Hall–Kier alpha value is -3.67. The van der Waals surface area contributed by atoms with E-state index in [0.29, 0.717) is 5.69 Å². The van der Waals surface area contributed by atoms with E-state index in [2.05, 4.69) is 68.3 Å². The van der Waals surface area contributed by atoms with Gasteiger partial charge in [0.2, 0.25) is 0 Å². The summed E-state index contributed by atoms with van der Waals surface area (Å²) < 4.78 is 0. The lowest BCUT2D eigenvalue weighted by atomic mass is 9.48. The SMILES string of the molecule is CCN1c2cc(C)c(/C=C3/C(=O)NC(=O)N(c4ccc(C56CC7CC(CC(C7)C5)C6)cc4)C3=O)cc2C(C)=CC1(C)C. The van der Waals surface area contributed by atoms with Gasteiger partial charge in [-0.15, -0.1) is 0 Å². The topological polar surface area (TPSA) is 69.7 Å². The molecule has 5 fully saturated rings.